The summed E-state index contributed by atoms with van der Waals surface area (Å²) in [5.41, 5.74) is 2.22. The van der Waals surface area contributed by atoms with Gasteiger partial charge in [0, 0.05) is 11.1 Å². The Labute approximate surface area is 156 Å². The van der Waals surface area contributed by atoms with Gasteiger partial charge in [0.05, 0.1) is 5.71 Å². The molecule has 3 heteroatoms. The van der Waals surface area contributed by atoms with Crippen LogP contribution in [-0.4, -0.2) is 23.3 Å². The lowest BCUT2D eigenvalue weighted by atomic mass is 10.0. The quantitative estimate of drug-likeness (QED) is 0.408. The summed E-state index contributed by atoms with van der Waals surface area (Å²) in [4.78, 5) is 17.5. The van der Waals surface area contributed by atoms with Crippen molar-refractivity contribution >= 4 is 11.7 Å². The van der Waals surface area contributed by atoms with E-state index >= 15 is 0 Å². The van der Waals surface area contributed by atoms with Crippen LogP contribution in [0.1, 0.15) is 45.2 Å². The van der Waals surface area contributed by atoms with Crippen molar-refractivity contribution in [1.82, 2.24) is 0 Å². The minimum Gasteiger partial charge on any atom is -0.458 e. The second kappa shape index (κ2) is 9.14. The lowest BCUT2D eigenvalue weighted by Gasteiger charge is -2.22. The van der Waals surface area contributed by atoms with Crippen LogP contribution in [0.25, 0.3) is 0 Å². The van der Waals surface area contributed by atoms with Crippen LogP contribution in [0.15, 0.2) is 77.8 Å². The summed E-state index contributed by atoms with van der Waals surface area (Å²) in [5.74, 6) is -0.306. The van der Waals surface area contributed by atoms with Crippen molar-refractivity contribution in [1.29, 1.82) is 0 Å². The zero-order chi connectivity index (χ0) is 19.0. The molecule has 0 aliphatic heterocycles. The molecule has 0 heterocycles. The molecule has 0 aliphatic rings. The topological polar surface area (TPSA) is 38.7 Å². The molecule has 0 radical (unpaired) electrons. The molecule has 0 amide bonds. The molecule has 0 saturated heterocycles. The number of hydrogen-bond acceptors (Lipinski definition) is 3. The number of carbonyl (C=O) groups is 1. The highest BCUT2D eigenvalue weighted by atomic mass is 16.6. The maximum absolute atomic E-state index is 12.7. The monoisotopic (exact) mass is 349 g/mol. The minimum absolute atomic E-state index is 0.306. The molecule has 0 unspecified atom stereocenters. The first-order valence-electron chi connectivity index (χ1n) is 8.93. The molecule has 0 saturated carbocycles. The van der Waals surface area contributed by atoms with Gasteiger partial charge in [0.2, 0.25) is 0 Å². The second-order valence-corrected chi connectivity index (χ2v) is 7.06. The molecule has 26 heavy (non-hydrogen) atoms. The summed E-state index contributed by atoms with van der Waals surface area (Å²) in [6.45, 7) is 7.55. The molecule has 0 spiro atoms. The normalized spacial score (nSPS) is 12.6. The number of carbonyl (C=O) groups excluding carboxylic acids is 1. The van der Waals surface area contributed by atoms with Gasteiger partial charge in [-0.3, -0.25) is 4.99 Å². The van der Waals surface area contributed by atoms with E-state index in [1.165, 1.54) is 0 Å². The zero-order valence-electron chi connectivity index (χ0n) is 16.0. The Morgan fingerprint density at radius 1 is 1.00 bits per heavy atom. The maximum atomic E-state index is 12.7. The first-order valence-corrected chi connectivity index (χ1v) is 8.93. The Balaban J connectivity index is 2.47. The molecular formula is C23H27NO2. The van der Waals surface area contributed by atoms with Crippen LogP contribution in [0.4, 0.5) is 0 Å². The van der Waals surface area contributed by atoms with Crippen LogP contribution in [0.2, 0.25) is 0 Å². The van der Waals surface area contributed by atoms with Gasteiger partial charge in [-0.25, -0.2) is 4.79 Å². The van der Waals surface area contributed by atoms with Crippen LogP contribution >= 0.6 is 0 Å². The average Bonchev–Trinajstić information content (AvgIpc) is 2.62. The van der Waals surface area contributed by atoms with Gasteiger partial charge >= 0.3 is 5.97 Å². The van der Waals surface area contributed by atoms with Crippen molar-refractivity contribution in [3.8, 4) is 0 Å². The van der Waals surface area contributed by atoms with Crippen LogP contribution < -0.4 is 0 Å². The van der Waals surface area contributed by atoms with Gasteiger partial charge in [-0.2, -0.15) is 0 Å². The number of benzene rings is 2. The lowest BCUT2D eigenvalue weighted by Crippen LogP contribution is -2.31. The molecule has 0 fully saturated rings. The third-order valence-corrected chi connectivity index (χ3v) is 3.65. The van der Waals surface area contributed by atoms with Gasteiger partial charge in [-0.1, -0.05) is 72.8 Å². The van der Waals surface area contributed by atoms with Crippen molar-refractivity contribution in [2.45, 2.75) is 45.8 Å². The SMILES string of the molecule is C/C=C/C[C@H](N=C(c1ccccc1)c1ccccc1)C(=O)OC(C)(C)C. The molecule has 1 atom stereocenters. The van der Waals surface area contributed by atoms with Crippen molar-refractivity contribution in [3.63, 3.8) is 0 Å². The Kier molecular flexibility index (Phi) is 6.90. The highest BCUT2D eigenvalue weighted by molar-refractivity contribution is 6.13. The van der Waals surface area contributed by atoms with E-state index in [0.717, 1.165) is 16.8 Å². The van der Waals surface area contributed by atoms with Crippen LogP contribution in [0, 0.1) is 0 Å². The molecule has 2 aromatic carbocycles. The number of ether oxygens (including phenoxy) is 1. The van der Waals surface area contributed by atoms with Crippen LogP contribution in [-0.2, 0) is 9.53 Å². The summed E-state index contributed by atoms with van der Waals surface area (Å²) >= 11 is 0. The smallest absolute Gasteiger partial charge is 0.331 e. The van der Waals surface area contributed by atoms with E-state index in [4.69, 9.17) is 9.73 Å². The van der Waals surface area contributed by atoms with E-state index in [-0.39, 0.29) is 5.97 Å². The van der Waals surface area contributed by atoms with Crippen LogP contribution in [0.3, 0.4) is 0 Å². The highest BCUT2D eigenvalue weighted by Crippen LogP contribution is 2.17. The fourth-order valence-electron chi connectivity index (χ4n) is 2.50. The van der Waals surface area contributed by atoms with Gasteiger partial charge in [0.15, 0.2) is 6.04 Å². The standard InChI is InChI=1S/C23H27NO2/c1-5-6-17-20(22(25)26-23(2,3)4)24-21(18-13-9-7-10-14-18)19-15-11-8-12-16-19/h5-16,20H,17H2,1-4H3/b6-5+/t20-/m0/s1. The predicted molar refractivity (Wildman–Crippen MR) is 108 cm³/mol. The molecule has 0 N–H and O–H groups in total. The third-order valence-electron chi connectivity index (χ3n) is 3.65. The molecule has 0 aliphatic carbocycles. The van der Waals surface area contributed by atoms with Crippen molar-refractivity contribution in [2.24, 2.45) is 4.99 Å². The lowest BCUT2D eigenvalue weighted by molar-refractivity contribution is -0.156. The zero-order valence-corrected chi connectivity index (χ0v) is 16.0. The largest absolute Gasteiger partial charge is 0.458 e. The highest BCUT2D eigenvalue weighted by Gasteiger charge is 2.25. The number of allylic oxidation sites excluding steroid dienone is 1. The summed E-state index contributed by atoms with van der Waals surface area (Å²) < 4.78 is 5.59. The predicted octanol–water partition coefficient (Wildman–Crippen LogP) is 5.20. The molecule has 2 rings (SSSR count). The number of esters is 1. The first-order chi connectivity index (χ1) is 12.4. The Morgan fingerprint density at radius 2 is 1.50 bits per heavy atom. The van der Waals surface area contributed by atoms with E-state index in [1.54, 1.807) is 0 Å². The van der Waals surface area contributed by atoms with E-state index in [2.05, 4.69) is 0 Å². The molecule has 136 valence electrons. The molecule has 2 aromatic rings. The molecule has 0 aromatic heterocycles. The fraction of sp³-hybridized carbons (Fsp3) is 0.304. The molecule has 0 bridgehead atoms. The summed E-state index contributed by atoms with van der Waals surface area (Å²) in [6, 6.07) is 19.3. The fourth-order valence-corrected chi connectivity index (χ4v) is 2.50. The summed E-state index contributed by atoms with van der Waals surface area (Å²) in [7, 11) is 0. The van der Waals surface area contributed by atoms with Crippen molar-refractivity contribution in [2.75, 3.05) is 0 Å². The van der Waals surface area contributed by atoms with Gasteiger partial charge < -0.3 is 4.74 Å². The Hall–Kier alpha value is -2.68. The van der Waals surface area contributed by atoms with Crippen molar-refractivity contribution < 1.29 is 9.53 Å². The number of aliphatic imine (C=N–C) groups is 1. The summed E-state index contributed by atoms with van der Waals surface area (Å²) in [5, 5.41) is 0. The van der Waals surface area contributed by atoms with Crippen molar-refractivity contribution in [3.05, 3.63) is 83.9 Å². The van der Waals surface area contributed by atoms with E-state index in [1.807, 2.05) is 101 Å². The van der Waals surface area contributed by atoms with E-state index in [9.17, 15) is 4.79 Å². The molecular weight excluding hydrogens is 322 g/mol. The Morgan fingerprint density at radius 3 is 1.92 bits per heavy atom. The number of nitrogens with zero attached hydrogens (tertiary/aromatic N) is 1. The maximum Gasteiger partial charge on any atom is 0.331 e. The van der Waals surface area contributed by atoms with Gasteiger partial charge in [-0.05, 0) is 34.1 Å². The number of rotatable bonds is 6. The first kappa shape index (κ1) is 19.6. The van der Waals surface area contributed by atoms with Gasteiger partial charge in [-0.15, -0.1) is 0 Å². The third kappa shape index (κ3) is 5.99. The Bertz CT molecular complexity index is 714. The minimum atomic E-state index is -0.583. The van der Waals surface area contributed by atoms with Gasteiger partial charge in [0.25, 0.3) is 0 Å². The van der Waals surface area contributed by atoms with Crippen LogP contribution in [0.5, 0.6) is 0 Å². The van der Waals surface area contributed by atoms with E-state index in [0.29, 0.717) is 6.42 Å². The number of hydrogen-bond donors (Lipinski definition) is 0. The molecule has 3 nitrogen and oxygen atoms in total. The van der Waals surface area contributed by atoms with Gasteiger partial charge in [0.1, 0.15) is 5.60 Å². The van der Waals surface area contributed by atoms with E-state index < -0.39 is 11.6 Å². The summed E-state index contributed by atoms with van der Waals surface area (Å²) in [6.07, 6.45) is 4.39. The second-order valence-electron chi connectivity index (χ2n) is 7.06. The average molecular weight is 349 g/mol.